The monoisotopic (exact) mass is 384 g/mol. The Balaban J connectivity index is 2.15. The molecule has 4 atom stereocenters. The molecule has 0 radical (unpaired) electrons. The van der Waals surface area contributed by atoms with Crippen molar-refractivity contribution >= 4 is 29.4 Å². The average molecular weight is 384 g/mol. The van der Waals surface area contributed by atoms with Crippen LogP contribution < -0.4 is 4.74 Å². The summed E-state index contributed by atoms with van der Waals surface area (Å²) < 4.78 is 32.2. The summed E-state index contributed by atoms with van der Waals surface area (Å²) in [6.45, 7) is 2.45. The third kappa shape index (κ3) is 5.65. The topological polar surface area (TPSA) is 89.5 Å². The van der Waals surface area contributed by atoms with Crippen LogP contribution in [0.2, 0.25) is 0 Å². The van der Waals surface area contributed by atoms with Gasteiger partial charge >= 0.3 is 17.2 Å². The van der Waals surface area contributed by atoms with Gasteiger partial charge in [-0.05, 0) is 12.1 Å². The van der Waals surface area contributed by atoms with Gasteiger partial charge in [0, 0.05) is 33.2 Å². The molecule has 0 spiro atoms. The Bertz CT molecular complexity index is 635. The summed E-state index contributed by atoms with van der Waals surface area (Å²) >= 11 is 5.11. The minimum atomic E-state index is -0.988. The summed E-state index contributed by atoms with van der Waals surface area (Å²) in [6, 6.07) is 8.78. The van der Waals surface area contributed by atoms with E-state index in [4.69, 9.17) is 40.6 Å². The lowest BCUT2D eigenvalue weighted by atomic mass is 10.0. The van der Waals surface area contributed by atoms with Crippen molar-refractivity contribution in [1.82, 2.24) is 0 Å². The Morgan fingerprint density at radius 3 is 2.27 bits per heavy atom. The molecule has 26 heavy (non-hydrogen) atoms. The van der Waals surface area contributed by atoms with Gasteiger partial charge in [0.2, 0.25) is 0 Å². The molecule has 0 saturated carbocycles. The molecule has 1 aromatic carbocycles. The van der Waals surface area contributed by atoms with Crippen LogP contribution in [0.25, 0.3) is 0 Å². The number of hydrogen-bond acceptors (Lipinski definition) is 9. The third-order valence-electron chi connectivity index (χ3n) is 3.41. The van der Waals surface area contributed by atoms with Crippen LogP contribution in [-0.2, 0) is 33.3 Å². The lowest BCUT2D eigenvalue weighted by Crippen LogP contribution is -2.58. The van der Waals surface area contributed by atoms with E-state index in [1.54, 1.807) is 24.3 Å². The standard InChI is InChI=1S/C17H20O8S/c1-10(18)22-13-9-21-16(20-3)15(14(13)23-11(2)19)25-17(26)24-12-7-5-4-6-8-12/h4-8,13-16H,9H2,1-3H3/t13-,14+,15-,16+/m1/s1. The van der Waals surface area contributed by atoms with Crippen molar-refractivity contribution in [3.8, 4) is 5.75 Å². The van der Waals surface area contributed by atoms with E-state index in [0.717, 1.165) is 0 Å². The fourth-order valence-electron chi connectivity index (χ4n) is 2.44. The van der Waals surface area contributed by atoms with Gasteiger partial charge in [-0.2, -0.15) is 0 Å². The van der Waals surface area contributed by atoms with Crippen molar-refractivity contribution in [2.75, 3.05) is 13.7 Å². The number of para-hydroxylation sites is 1. The van der Waals surface area contributed by atoms with E-state index in [0.29, 0.717) is 5.75 Å². The van der Waals surface area contributed by atoms with Crippen molar-refractivity contribution < 1.29 is 38.0 Å². The van der Waals surface area contributed by atoms with Crippen molar-refractivity contribution in [3.63, 3.8) is 0 Å². The van der Waals surface area contributed by atoms with E-state index >= 15 is 0 Å². The molecule has 0 aliphatic carbocycles. The van der Waals surface area contributed by atoms with Crippen LogP contribution in [0, 0.1) is 0 Å². The highest BCUT2D eigenvalue weighted by molar-refractivity contribution is 7.79. The number of ether oxygens (including phenoxy) is 6. The van der Waals surface area contributed by atoms with Gasteiger partial charge in [0.25, 0.3) is 0 Å². The van der Waals surface area contributed by atoms with Crippen LogP contribution in [0.4, 0.5) is 0 Å². The molecule has 1 aliphatic heterocycles. The van der Waals surface area contributed by atoms with Crippen molar-refractivity contribution in [1.29, 1.82) is 0 Å². The highest BCUT2D eigenvalue weighted by Gasteiger charge is 2.47. The summed E-state index contributed by atoms with van der Waals surface area (Å²) in [5.74, 6) is -0.648. The van der Waals surface area contributed by atoms with Gasteiger partial charge < -0.3 is 28.4 Å². The second kappa shape index (κ2) is 9.46. The quantitative estimate of drug-likeness (QED) is 0.555. The second-order valence-corrected chi connectivity index (χ2v) is 5.74. The molecule has 0 aromatic heterocycles. The number of esters is 2. The summed E-state index contributed by atoms with van der Waals surface area (Å²) in [7, 11) is 1.40. The van der Waals surface area contributed by atoms with Crippen LogP contribution in [0.5, 0.6) is 5.75 Å². The number of thiocarbonyl (C=S) groups is 1. The summed E-state index contributed by atoms with van der Waals surface area (Å²) in [4.78, 5) is 22.8. The molecule has 1 heterocycles. The van der Waals surface area contributed by atoms with Crippen LogP contribution in [0.1, 0.15) is 13.8 Å². The fourth-order valence-corrected chi connectivity index (χ4v) is 2.65. The first-order chi connectivity index (χ1) is 12.4. The maximum Gasteiger partial charge on any atom is 0.358 e. The number of carbonyl (C=O) groups excluding carboxylic acids is 2. The number of carbonyl (C=O) groups is 2. The molecule has 0 unspecified atom stereocenters. The molecule has 1 saturated heterocycles. The second-order valence-electron chi connectivity index (χ2n) is 5.41. The van der Waals surface area contributed by atoms with Gasteiger partial charge in [0.1, 0.15) is 5.75 Å². The van der Waals surface area contributed by atoms with Gasteiger partial charge in [0.15, 0.2) is 24.6 Å². The smallest absolute Gasteiger partial charge is 0.358 e. The van der Waals surface area contributed by atoms with E-state index in [9.17, 15) is 9.59 Å². The van der Waals surface area contributed by atoms with E-state index in [-0.39, 0.29) is 11.8 Å². The molecular weight excluding hydrogens is 364 g/mol. The van der Waals surface area contributed by atoms with Crippen molar-refractivity contribution in [2.45, 2.75) is 38.4 Å². The SMILES string of the molecule is CO[C@H]1OC[C@@H](OC(C)=O)[C@H](OC(C)=O)[C@H]1OC(=S)Oc1ccccc1. The number of methoxy groups -OCH3 is 1. The van der Waals surface area contributed by atoms with Gasteiger partial charge in [0.05, 0.1) is 6.61 Å². The highest BCUT2D eigenvalue weighted by Crippen LogP contribution is 2.25. The highest BCUT2D eigenvalue weighted by atomic mass is 32.1. The predicted octanol–water partition coefficient (Wildman–Crippen LogP) is 1.60. The van der Waals surface area contributed by atoms with Crippen molar-refractivity contribution in [2.24, 2.45) is 0 Å². The molecule has 142 valence electrons. The largest absolute Gasteiger partial charge is 0.456 e. The summed E-state index contributed by atoms with van der Waals surface area (Å²) in [6.07, 6.45) is -3.73. The molecule has 1 aliphatic rings. The molecule has 2 rings (SSSR count). The zero-order valence-electron chi connectivity index (χ0n) is 14.6. The molecule has 1 aromatic rings. The predicted molar refractivity (Wildman–Crippen MR) is 92.4 cm³/mol. The van der Waals surface area contributed by atoms with E-state index in [2.05, 4.69) is 0 Å². The maximum absolute atomic E-state index is 11.5. The van der Waals surface area contributed by atoms with Gasteiger partial charge in [-0.3, -0.25) is 9.59 Å². The van der Waals surface area contributed by atoms with Gasteiger partial charge in [-0.25, -0.2) is 0 Å². The molecule has 0 amide bonds. The Morgan fingerprint density at radius 2 is 1.69 bits per heavy atom. The van der Waals surface area contributed by atoms with Gasteiger partial charge in [-0.15, -0.1) is 0 Å². The van der Waals surface area contributed by atoms with Crippen molar-refractivity contribution in [3.05, 3.63) is 30.3 Å². The lowest BCUT2D eigenvalue weighted by molar-refractivity contribution is -0.267. The normalized spacial score (nSPS) is 25.0. The number of benzene rings is 1. The molecular formula is C17H20O8S. The molecule has 1 fully saturated rings. The molecule has 8 nitrogen and oxygen atoms in total. The first kappa shape index (κ1) is 20.1. The molecule has 0 N–H and O–H groups in total. The van der Waals surface area contributed by atoms with Crippen LogP contribution in [0.3, 0.4) is 0 Å². The Labute approximate surface area is 156 Å². The van der Waals surface area contributed by atoms with Crippen LogP contribution >= 0.6 is 12.2 Å². The Hall–Kier alpha value is -2.23. The summed E-state index contributed by atoms with van der Waals surface area (Å²) in [5.41, 5.74) is 0. The third-order valence-corrected chi connectivity index (χ3v) is 3.59. The minimum Gasteiger partial charge on any atom is -0.456 e. The first-order valence-electron chi connectivity index (χ1n) is 7.83. The zero-order chi connectivity index (χ0) is 19.1. The number of rotatable bonds is 5. The zero-order valence-corrected chi connectivity index (χ0v) is 15.4. The Kier molecular flexibility index (Phi) is 7.31. The fraction of sp³-hybridized carbons (Fsp3) is 0.471. The van der Waals surface area contributed by atoms with E-state index in [1.807, 2.05) is 6.07 Å². The maximum atomic E-state index is 11.5. The van der Waals surface area contributed by atoms with E-state index < -0.39 is 36.5 Å². The van der Waals surface area contributed by atoms with Crippen LogP contribution in [-0.4, -0.2) is 55.5 Å². The van der Waals surface area contributed by atoms with Gasteiger partial charge in [-0.1, -0.05) is 18.2 Å². The average Bonchev–Trinajstić information content (AvgIpc) is 2.58. The molecule has 0 bridgehead atoms. The minimum absolute atomic E-state index is 0.0256. The van der Waals surface area contributed by atoms with Crippen LogP contribution in [0.15, 0.2) is 30.3 Å². The van der Waals surface area contributed by atoms with E-state index in [1.165, 1.54) is 21.0 Å². The first-order valence-corrected chi connectivity index (χ1v) is 8.24. The lowest BCUT2D eigenvalue weighted by Gasteiger charge is -2.39. The molecule has 9 heteroatoms. The summed E-state index contributed by atoms with van der Waals surface area (Å²) in [5, 5.41) is -0.215. The Morgan fingerprint density at radius 1 is 1.04 bits per heavy atom. The number of hydrogen-bond donors (Lipinski definition) is 0.